The molecule has 1 aliphatic rings. The molecule has 1 aliphatic carbocycles. The lowest BCUT2D eigenvalue weighted by Gasteiger charge is -2.04. The second kappa shape index (κ2) is 8.42. The molecule has 8 heteroatoms. The Kier molecular flexibility index (Phi) is 4.96. The SMILES string of the molecule is O=C(NN=C1C(=O)c2cccc3cccc1c23)c1ccc(Cn2nnc(-c3ccccc3)n2)cc1. The van der Waals surface area contributed by atoms with Gasteiger partial charge in [0.15, 0.2) is 0 Å². The molecule has 4 aromatic carbocycles. The van der Waals surface area contributed by atoms with Gasteiger partial charge in [0.1, 0.15) is 5.71 Å². The number of tetrazole rings is 1. The van der Waals surface area contributed by atoms with Crippen molar-refractivity contribution in [1.29, 1.82) is 0 Å². The van der Waals surface area contributed by atoms with Crippen molar-refractivity contribution in [3.63, 3.8) is 0 Å². The molecule has 1 aromatic heterocycles. The fourth-order valence-electron chi connectivity index (χ4n) is 4.20. The van der Waals surface area contributed by atoms with E-state index in [1.165, 1.54) is 4.80 Å². The van der Waals surface area contributed by atoms with Gasteiger partial charge in [0.25, 0.3) is 5.91 Å². The lowest BCUT2D eigenvalue weighted by atomic mass is 10.1. The van der Waals surface area contributed by atoms with Gasteiger partial charge in [-0.2, -0.15) is 9.90 Å². The number of amides is 1. The Balaban J connectivity index is 1.16. The monoisotopic (exact) mass is 458 g/mol. The fraction of sp³-hybridized carbons (Fsp3) is 0.0370. The lowest BCUT2D eigenvalue weighted by molar-refractivity contribution is 0.0955. The molecular formula is C27H18N6O2. The molecule has 8 nitrogen and oxygen atoms in total. The van der Waals surface area contributed by atoms with E-state index < -0.39 is 5.91 Å². The second-order valence-electron chi connectivity index (χ2n) is 8.15. The number of hydrogen-bond donors (Lipinski definition) is 1. The van der Waals surface area contributed by atoms with E-state index in [-0.39, 0.29) is 11.5 Å². The Bertz CT molecular complexity index is 1620. The molecule has 35 heavy (non-hydrogen) atoms. The van der Waals surface area contributed by atoms with Crippen LogP contribution in [0.3, 0.4) is 0 Å². The highest BCUT2D eigenvalue weighted by Gasteiger charge is 2.28. The van der Waals surface area contributed by atoms with Gasteiger partial charge in [0, 0.05) is 27.6 Å². The van der Waals surface area contributed by atoms with Crippen molar-refractivity contribution in [3.8, 4) is 11.4 Å². The van der Waals surface area contributed by atoms with Crippen molar-refractivity contribution >= 4 is 28.2 Å². The first-order valence-electron chi connectivity index (χ1n) is 11.0. The normalized spacial score (nSPS) is 13.5. The number of carbonyl (C=O) groups is 2. The minimum atomic E-state index is -0.398. The van der Waals surface area contributed by atoms with E-state index in [1.54, 1.807) is 18.2 Å². The molecule has 1 N–H and O–H groups in total. The smallest absolute Gasteiger partial charge is 0.271 e. The third-order valence-electron chi connectivity index (χ3n) is 5.91. The van der Waals surface area contributed by atoms with E-state index in [0.29, 0.717) is 23.5 Å². The van der Waals surface area contributed by atoms with Crippen LogP contribution < -0.4 is 5.43 Å². The molecule has 0 unspecified atom stereocenters. The van der Waals surface area contributed by atoms with Gasteiger partial charge in [-0.25, -0.2) is 5.43 Å². The Labute approximate surface area is 199 Å². The molecule has 0 spiro atoms. The maximum atomic E-state index is 12.8. The summed E-state index contributed by atoms with van der Waals surface area (Å²) < 4.78 is 0. The van der Waals surface area contributed by atoms with Crippen molar-refractivity contribution < 1.29 is 9.59 Å². The zero-order valence-corrected chi connectivity index (χ0v) is 18.4. The maximum Gasteiger partial charge on any atom is 0.271 e. The summed E-state index contributed by atoms with van der Waals surface area (Å²) in [4.78, 5) is 27.0. The summed E-state index contributed by atoms with van der Waals surface area (Å²) >= 11 is 0. The second-order valence-corrected chi connectivity index (χ2v) is 8.15. The Morgan fingerprint density at radius 3 is 2.37 bits per heavy atom. The van der Waals surface area contributed by atoms with Crippen LogP contribution in [-0.4, -0.2) is 37.6 Å². The molecule has 6 rings (SSSR count). The Hall–Kier alpha value is -4.98. The van der Waals surface area contributed by atoms with Crippen LogP contribution in [0.2, 0.25) is 0 Å². The number of nitrogens with one attached hydrogen (secondary N) is 1. The predicted molar refractivity (Wildman–Crippen MR) is 131 cm³/mol. The highest BCUT2D eigenvalue weighted by molar-refractivity contribution is 6.59. The topological polar surface area (TPSA) is 102 Å². The zero-order valence-electron chi connectivity index (χ0n) is 18.4. The van der Waals surface area contributed by atoms with E-state index in [1.807, 2.05) is 72.8 Å². The van der Waals surface area contributed by atoms with Crippen molar-refractivity contribution in [2.75, 3.05) is 0 Å². The van der Waals surface area contributed by atoms with Gasteiger partial charge >= 0.3 is 0 Å². The molecule has 0 fully saturated rings. The summed E-state index contributed by atoms with van der Waals surface area (Å²) in [7, 11) is 0. The maximum absolute atomic E-state index is 12.8. The largest absolute Gasteiger partial charge is 0.287 e. The number of benzene rings is 4. The number of ketones is 1. The molecule has 168 valence electrons. The molecule has 5 aromatic rings. The first-order valence-corrected chi connectivity index (χ1v) is 11.0. The van der Waals surface area contributed by atoms with Crippen LogP contribution in [0.15, 0.2) is 96.1 Å². The van der Waals surface area contributed by atoms with E-state index in [2.05, 4.69) is 25.9 Å². The molecule has 1 amide bonds. The Morgan fingerprint density at radius 1 is 0.857 bits per heavy atom. The van der Waals surface area contributed by atoms with Gasteiger partial charge < -0.3 is 0 Å². The number of hydrazone groups is 1. The highest BCUT2D eigenvalue weighted by atomic mass is 16.2. The molecular weight excluding hydrogens is 440 g/mol. The lowest BCUT2D eigenvalue weighted by Crippen LogP contribution is -2.22. The van der Waals surface area contributed by atoms with E-state index >= 15 is 0 Å². The predicted octanol–water partition coefficient (Wildman–Crippen LogP) is 3.87. The van der Waals surface area contributed by atoms with Crippen LogP contribution in [0.1, 0.15) is 31.8 Å². The molecule has 1 heterocycles. The average molecular weight is 458 g/mol. The molecule has 0 saturated carbocycles. The van der Waals surface area contributed by atoms with Gasteiger partial charge in [-0.3, -0.25) is 9.59 Å². The standard InChI is InChI=1S/C27H18N6O2/c34-25-22-11-5-9-18-8-4-10-21(23(18)22)24(25)28-30-27(35)20-14-12-17(13-15-20)16-33-31-26(29-32-33)19-6-2-1-3-7-19/h1-15H,16H2,(H,30,35). The van der Waals surface area contributed by atoms with Gasteiger partial charge in [-0.15, -0.1) is 10.2 Å². The van der Waals surface area contributed by atoms with Crippen LogP contribution in [0, 0.1) is 0 Å². The van der Waals surface area contributed by atoms with Crippen LogP contribution in [-0.2, 0) is 6.54 Å². The molecule has 0 radical (unpaired) electrons. The number of Topliss-reactive ketones (excluding diaryl/α,β-unsaturated/α-hetero) is 1. The molecule has 0 aliphatic heterocycles. The number of rotatable bonds is 5. The summed E-state index contributed by atoms with van der Waals surface area (Å²) in [6.07, 6.45) is 0. The Morgan fingerprint density at radius 2 is 1.60 bits per heavy atom. The van der Waals surface area contributed by atoms with Crippen LogP contribution in [0.4, 0.5) is 0 Å². The summed E-state index contributed by atoms with van der Waals surface area (Å²) in [5, 5.41) is 18.6. The van der Waals surface area contributed by atoms with Gasteiger partial charge in [-0.05, 0) is 28.3 Å². The zero-order chi connectivity index (χ0) is 23.8. The molecule has 0 atom stereocenters. The van der Waals surface area contributed by atoms with Crippen molar-refractivity contribution in [1.82, 2.24) is 25.6 Å². The number of hydrogen-bond acceptors (Lipinski definition) is 6. The van der Waals surface area contributed by atoms with Crippen LogP contribution >= 0.6 is 0 Å². The highest BCUT2D eigenvalue weighted by Crippen LogP contribution is 2.30. The molecule has 0 bridgehead atoms. The van der Waals surface area contributed by atoms with Crippen LogP contribution in [0.5, 0.6) is 0 Å². The first-order chi connectivity index (χ1) is 17.2. The summed E-state index contributed by atoms with van der Waals surface area (Å²) in [6.45, 7) is 0.417. The minimum Gasteiger partial charge on any atom is -0.287 e. The summed E-state index contributed by atoms with van der Waals surface area (Å²) in [6, 6.07) is 27.9. The fourth-order valence-corrected chi connectivity index (χ4v) is 4.20. The van der Waals surface area contributed by atoms with E-state index in [0.717, 1.165) is 27.5 Å². The van der Waals surface area contributed by atoms with Crippen LogP contribution in [0.25, 0.3) is 22.2 Å². The van der Waals surface area contributed by atoms with Crippen molar-refractivity contribution in [3.05, 3.63) is 113 Å². The minimum absolute atomic E-state index is 0.192. The number of nitrogens with zero attached hydrogens (tertiary/aromatic N) is 5. The average Bonchev–Trinajstić information content (AvgIpc) is 3.48. The van der Waals surface area contributed by atoms with Gasteiger partial charge in [0.05, 0.1) is 6.54 Å². The third-order valence-corrected chi connectivity index (χ3v) is 5.91. The summed E-state index contributed by atoms with van der Waals surface area (Å²) in [5.74, 6) is -0.0344. The van der Waals surface area contributed by atoms with Crippen molar-refractivity contribution in [2.24, 2.45) is 5.10 Å². The van der Waals surface area contributed by atoms with Gasteiger partial charge in [-0.1, -0.05) is 78.9 Å². The molecule has 0 saturated heterocycles. The van der Waals surface area contributed by atoms with E-state index in [4.69, 9.17) is 0 Å². The number of aromatic nitrogens is 4. The van der Waals surface area contributed by atoms with Gasteiger partial charge in [0.2, 0.25) is 11.6 Å². The quantitative estimate of drug-likeness (QED) is 0.403. The van der Waals surface area contributed by atoms with E-state index in [9.17, 15) is 9.59 Å². The third kappa shape index (κ3) is 3.76. The summed E-state index contributed by atoms with van der Waals surface area (Å²) in [5.41, 5.74) is 6.34. The first kappa shape index (κ1) is 20.6. The van der Waals surface area contributed by atoms with Crippen molar-refractivity contribution in [2.45, 2.75) is 6.54 Å². The number of carbonyl (C=O) groups excluding carboxylic acids is 2.